The number of thiazole rings is 4. The number of rotatable bonds is 16. The molecule has 0 saturated heterocycles. The highest BCUT2D eigenvalue weighted by atomic mass is 32.1. The Labute approximate surface area is 427 Å². The van der Waals surface area contributed by atoms with Crippen molar-refractivity contribution in [3.05, 3.63) is 160 Å². The van der Waals surface area contributed by atoms with Crippen LogP contribution >= 0.6 is 45.3 Å². The summed E-state index contributed by atoms with van der Waals surface area (Å²) < 4.78 is 13.3. The zero-order valence-electron chi connectivity index (χ0n) is 38.6. The number of hydrogen-bond acceptors (Lipinski definition) is 16. The van der Waals surface area contributed by atoms with Crippen LogP contribution in [0.5, 0.6) is 23.0 Å². The first-order chi connectivity index (χ1) is 34.5. The van der Waals surface area contributed by atoms with Crippen molar-refractivity contribution in [3.63, 3.8) is 0 Å². The van der Waals surface area contributed by atoms with Gasteiger partial charge < -0.3 is 40.1 Å². The average Bonchev–Trinajstić information content (AvgIpc) is 4.14. The zero-order valence-corrected chi connectivity index (χ0v) is 41.8. The molecule has 0 spiro atoms. The van der Waals surface area contributed by atoms with E-state index in [1.54, 1.807) is 48.5 Å². The van der Waals surface area contributed by atoms with Gasteiger partial charge in [0, 0.05) is 58.6 Å². The van der Waals surface area contributed by atoms with E-state index in [-0.39, 0.29) is 50.4 Å². The van der Waals surface area contributed by atoms with Crippen LogP contribution < -0.4 is 9.47 Å². The fourth-order valence-electron chi connectivity index (χ4n) is 8.82. The first kappa shape index (κ1) is 49.5. The van der Waals surface area contributed by atoms with Gasteiger partial charge in [-0.2, -0.15) is 0 Å². The molecule has 0 unspecified atom stereocenters. The highest BCUT2D eigenvalue weighted by Gasteiger charge is 2.25. The van der Waals surface area contributed by atoms with Crippen LogP contribution in [0.2, 0.25) is 0 Å². The minimum absolute atomic E-state index is 0.0470. The molecule has 6 N–H and O–H groups in total. The van der Waals surface area contributed by atoms with Gasteiger partial charge in [-0.05, 0) is 80.6 Å². The lowest BCUT2D eigenvalue weighted by Gasteiger charge is -2.22. The Morgan fingerprint density at radius 2 is 0.694 bits per heavy atom. The van der Waals surface area contributed by atoms with Crippen LogP contribution in [-0.4, -0.2) is 74.5 Å². The summed E-state index contributed by atoms with van der Waals surface area (Å²) in [5.74, 6) is -4.28. The van der Waals surface area contributed by atoms with Crippen LogP contribution in [0.1, 0.15) is 89.5 Å². The number of carbonyl (C=O) groups is 4. The van der Waals surface area contributed by atoms with Crippen LogP contribution in [-0.2, 0) is 83.8 Å². The minimum Gasteiger partial charge on any atom is -0.507 e. The molecule has 368 valence electrons. The molecule has 4 aromatic heterocycles. The fourth-order valence-corrected chi connectivity index (χ4v) is 12.1. The van der Waals surface area contributed by atoms with Crippen LogP contribution in [0.15, 0.2) is 70.1 Å². The summed E-state index contributed by atoms with van der Waals surface area (Å²) >= 11 is 5.71. The molecule has 0 radical (unpaired) electrons. The number of carboxylic acid groups (broad SMARTS) is 4. The van der Waals surface area contributed by atoms with Gasteiger partial charge in [-0.3, -0.25) is 19.2 Å². The van der Waals surface area contributed by atoms with Crippen molar-refractivity contribution in [2.45, 2.75) is 78.4 Å². The van der Waals surface area contributed by atoms with Crippen molar-refractivity contribution in [2.75, 3.05) is 0 Å². The van der Waals surface area contributed by atoms with Gasteiger partial charge in [0.1, 0.15) is 36.2 Å². The number of nitrogens with zero attached hydrogens (tertiary/aromatic N) is 4. The number of aromatic hydroxyl groups is 2. The number of carboxylic acids is 4. The SMILES string of the molecule is Cc1csc(-c2nc(COc3c4cc(CC(=O)O)cc3Cc3cc(CC(=O)O)cc(c3O)Cc3cc(CC(=O)O)cc(c3OCc3csc(-c5nc(C)cs5)n3)Cc3cc(CC(=O)O)cc(c3O)C4)cs2)n1. The maximum Gasteiger partial charge on any atom is 0.307 e. The van der Waals surface area contributed by atoms with E-state index >= 15 is 0 Å². The molecule has 1 aliphatic rings. The van der Waals surface area contributed by atoms with Crippen molar-refractivity contribution in [3.8, 4) is 43.0 Å². The molecule has 9 rings (SSSR count). The Kier molecular flexibility index (Phi) is 14.5. The predicted molar refractivity (Wildman–Crippen MR) is 270 cm³/mol. The maximum absolute atomic E-state index is 12.4. The van der Waals surface area contributed by atoms with E-state index in [2.05, 4.69) is 9.97 Å². The van der Waals surface area contributed by atoms with Crippen LogP contribution in [0.25, 0.3) is 20.0 Å². The number of fused-ring (bicyclic) bond motifs is 8. The molecule has 4 heterocycles. The second kappa shape index (κ2) is 21.1. The lowest BCUT2D eigenvalue weighted by Crippen LogP contribution is -2.11. The standard InChI is InChI=1S/C52H44N4O12S4/c1-25-21-69-49(53-25)51-55-39(23-71-51)19-67-47-35-7-29(13-43(61)62)8-36(47)16-32-4-28(12-42(59)60)6-34(46(32)66)18-38-10-30(14-44(63)64)9-37(17-33-5-27(11-41(57)58)3-31(15-35)45(33)65)48(38)68-20-40-24-72-52(56-40)50-54-26(2)22-70-50/h3-10,21-24,65-66H,11-20H2,1-2H3,(H,57,58)(H,59,60)(H,61,62)(H,63,64). The second-order valence-corrected chi connectivity index (χ2v) is 20.9. The second-order valence-electron chi connectivity index (χ2n) is 17.5. The van der Waals surface area contributed by atoms with E-state index in [4.69, 9.17) is 19.4 Å². The molecule has 0 atom stereocenters. The van der Waals surface area contributed by atoms with Crippen LogP contribution in [0, 0.1) is 13.8 Å². The molecule has 0 saturated carbocycles. The van der Waals surface area contributed by atoms with Gasteiger partial charge in [0.15, 0.2) is 20.0 Å². The van der Waals surface area contributed by atoms with Gasteiger partial charge in [-0.25, -0.2) is 19.9 Å². The smallest absolute Gasteiger partial charge is 0.307 e. The summed E-state index contributed by atoms with van der Waals surface area (Å²) in [6.45, 7) is 3.69. The number of hydrogen-bond donors (Lipinski definition) is 6. The Morgan fingerprint density at radius 3 is 0.958 bits per heavy atom. The van der Waals surface area contributed by atoms with E-state index in [0.717, 1.165) is 21.4 Å². The van der Waals surface area contributed by atoms with Gasteiger partial charge in [0.25, 0.3) is 0 Å². The molecule has 1 aliphatic carbocycles. The van der Waals surface area contributed by atoms with Gasteiger partial charge in [0.2, 0.25) is 0 Å². The van der Waals surface area contributed by atoms with Gasteiger partial charge in [-0.1, -0.05) is 48.5 Å². The molecule has 0 fully saturated rings. The molecule has 72 heavy (non-hydrogen) atoms. The van der Waals surface area contributed by atoms with Crippen molar-refractivity contribution in [2.24, 2.45) is 0 Å². The minimum atomic E-state index is -1.13. The summed E-state index contributed by atoms with van der Waals surface area (Å²) in [6.07, 6.45) is -1.98. The average molecular weight is 1050 g/mol. The predicted octanol–water partition coefficient (Wildman–Crippen LogP) is 9.22. The van der Waals surface area contributed by atoms with E-state index < -0.39 is 49.6 Å². The number of phenolic OH excluding ortho intramolecular Hbond substituents is 2. The topological polar surface area (TPSA) is 260 Å². The molecule has 16 nitrogen and oxygen atoms in total. The highest BCUT2D eigenvalue weighted by Crippen LogP contribution is 2.41. The summed E-state index contributed by atoms with van der Waals surface area (Å²) in [4.78, 5) is 68.0. The van der Waals surface area contributed by atoms with E-state index in [9.17, 15) is 49.8 Å². The van der Waals surface area contributed by atoms with Crippen LogP contribution in [0.4, 0.5) is 0 Å². The largest absolute Gasteiger partial charge is 0.507 e. The molecular weight excluding hydrogens is 1000 g/mol. The summed E-state index contributed by atoms with van der Waals surface area (Å²) in [7, 11) is 0. The van der Waals surface area contributed by atoms with Crippen molar-refractivity contribution < 1.29 is 59.3 Å². The number of aromatic nitrogens is 4. The molecule has 4 aromatic carbocycles. The number of benzene rings is 4. The monoisotopic (exact) mass is 1040 g/mol. The molecule has 8 aromatic rings. The number of phenols is 2. The molecule has 0 aliphatic heterocycles. The Balaban J connectivity index is 1.23. The first-order valence-electron chi connectivity index (χ1n) is 22.3. The first-order valence-corrected chi connectivity index (χ1v) is 25.8. The maximum atomic E-state index is 12.4. The third kappa shape index (κ3) is 11.6. The normalized spacial score (nSPS) is 12.1. The summed E-state index contributed by atoms with van der Waals surface area (Å²) in [6, 6.07) is 12.9. The molecule has 0 amide bonds. The molecule has 8 bridgehead atoms. The Hall–Kier alpha value is -7.52. The fraction of sp³-hybridized carbons (Fsp3) is 0.231. The van der Waals surface area contributed by atoms with Crippen molar-refractivity contribution >= 4 is 69.2 Å². The number of ether oxygens (including phenoxy) is 2. The van der Waals surface area contributed by atoms with Crippen LogP contribution in [0.3, 0.4) is 0 Å². The number of aliphatic carboxylic acids is 4. The van der Waals surface area contributed by atoms with E-state index in [1.807, 2.05) is 35.4 Å². The zero-order chi connectivity index (χ0) is 50.8. The van der Waals surface area contributed by atoms with Crippen molar-refractivity contribution in [1.29, 1.82) is 0 Å². The quantitative estimate of drug-likeness (QED) is 0.0527. The molecule has 20 heteroatoms. The lowest BCUT2D eigenvalue weighted by molar-refractivity contribution is -0.137. The lowest BCUT2D eigenvalue weighted by atomic mass is 9.87. The van der Waals surface area contributed by atoms with E-state index in [0.29, 0.717) is 99.7 Å². The number of aryl methyl sites for hydroxylation is 2. The Bertz CT molecular complexity index is 3110. The van der Waals surface area contributed by atoms with E-state index in [1.165, 1.54) is 45.3 Å². The van der Waals surface area contributed by atoms with Gasteiger partial charge in [0.05, 0.1) is 37.1 Å². The van der Waals surface area contributed by atoms with Crippen molar-refractivity contribution in [1.82, 2.24) is 19.9 Å². The van der Waals surface area contributed by atoms with Gasteiger partial charge >= 0.3 is 23.9 Å². The third-order valence-corrected chi connectivity index (χ3v) is 15.6. The molecular formula is C52H44N4O12S4. The highest BCUT2D eigenvalue weighted by molar-refractivity contribution is 7.20. The third-order valence-electron chi connectivity index (χ3n) is 11.6. The Morgan fingerprint density at radius 1 is 0.431 bits per heavy atom. The summed E-state index contributed by atoms with van der Waals surface area (Å²) in [5, 5.41) is 75.4. The summed E-state index contributed by atoms with van der Waals surface area (Å²) in [5.41, 5.74) is 7.21. The van der Waals surface area contributed by atoms with Gasteiger partial charge in [-0.15, -0.1) is 45.3 Å².